The van der Waals surface area contributed by atoms with Gasteiger partial charge >= 0.3 is 0 Å². The van der Waals surface area contributed by atoms with Gasteiger partial charge in [0.15, 0.2) is 6.04 Å². The second-order valence-electron chi connectivity index (χ2n) is 2.58. The average Bonchev–Trinajstić information content (AvgIpc) is 2.16. The van der Waals surface area contributed by atoms with Crippen LogP contribution in [0.15, 0.2) is 21.9 Å². The van der Waals surface area contributed by atoms with Crippen molar-refractivity contribution in [2.75, 3.05) is 5.75 Å². The Bertz CT molecular complexity index is 251. The maximum Gasteiger partial charge on any atom is 0.215 e. The van der Waals surface area contributed by atoms with Gasteiger partial charge in [0, 0.05) is 5.41 Å². The highest BCUT2D eigenvalue weighted by Gasteiger charge is 2.07. The molecule has 14 heavy (non-hydrogen) atoms. The minimum atomic E-state index is -0.409. The van der Waals surface area contributed by atoms with Gasteiger partial charge < -0.3 is 10.4 Å². The molecule has 0 aliphatic carbocycles. The molecule has 0 aliphatic rings. The largest absolute Gasteiger partial charge is 0.595 e. The highest BCUT2D eigenvalue weighted by Crippen LogP contribution is 2.01. The molecule has 0 aliphatic heterocycles. The first-order valence-electron chi connectivity index (χ1n) is 4.25. The molecule has 1 unspecified atom stereocenters. The number of hydrogen-bond donors (Lipinski definition) is 1. The van der Waals surface area contributed by atoms with Gasteiger partial charge in [-0.25, -0.2) is 0 Å². The van der Waals surface area contributed by atoms with E-state index in [0.29, 0.717) is 10.6 Å². The molecule has 0 rings (SSSR count). The Morgan fingerprint density at radius 3 is 2.86 bits per heavy atom. The molecule has 0 amide bonds. The topological polar surface area (TPSA) is 71.0 Å². The van der Waals surface area contributed by atoms with Crippen molar-refractivity contribution in [2.24, 2.45) is 10.3 Å². The summed E-state index contributed by atoms with van der Waals surface area (Å²) in [7, 11) is 0. The lowest BCUT2D eigenvalue weighted by Gasteiger charge is -2.00. The van der Waals surface area contributed by atoms with Gasteiger partial charge in [0.2, 0.25) is 6.20 Å². The highest BCUT2D eigenvalue weighted by molar-refractivity contribution is 8.02. The molecule has 1 atom stereocenters. The van der Waals surface area contributed by atoms with E-state index in [2.05, 4.69) is 10.3 Å². The molecule has 0 aromatic carbocycles. The molecule has 0 radical (unpaired) electrons. The molecule has 80 valence electrons. The van der Waals surface area contributed by atoms with Gasteiger partial charge in [-0.15, -0.1) is 11.8 Å². The van der Waals surface area contributed by atoms with Gasteiger partial charge in [0.1, 0.15) is 0 Å². The molecule has 6 heteroatoms. The van der Waals surface area contributed by atoms with Crippen LogP contribution in [0.4, 0.5) is 0 Å². The fourth-order valence-electron chi connectivity index (χ4n) is 0.568. The molecule has 0 spiro atoms. The van der Waals surface area contributed by atoms with Crippen molar-refractivity contribution in [1.29, 1.82) is 0 Å². The van der Waals surface area contributed by atoms with Crippen LogP contribution < -0.4 is 0 Å². The lowest BCUT2D eigenvalue weighted by atomic mass is 10.2. The van der Waals surface area contributed by atoms with Gasteiger partial charge in [0.05, 0.1) is 5.71 Å². The highest BCUT2D eigenvalue weighted by atomic mass is 32.2. The third kappa shape index (κ3) is 5.58. The first-order valence-corrected chi connectivity index (χ1v) is 5.30. The molecule has 0 bridgehead atoms. The van der Waals surface area contributed by atoms with E-state index in [1.807, 2.05) is 6.92 Å². The van der Waals surface area contributed by atoms with E-state index in [1.165, 1.54) is 18.0 Å². The Morgan fingerprint density at radius 1 is 1.71 bits per heavy atom. The van der Waals surface area contributed by atoms with Crippen molar-refractivity contribution in [3.8, 4) is 0 Å². The van der Waals surface area contributed by atoms with Crippen molar-refractivity contribution >= 4 is 17.5 Å². The van der Waals surface area contributed by atoms with E-state index in [1.54, 1.807) is 19.3 Å². The second kappa shape index (κ2) is 7.37. The number of hydroxylamine groups is 1. The summed E-state index contributed by atoms with van der Waals surface area (Å²) in [6.45, 7) is 5.28. The molecule has 0 aromatic heterocycles. The standard InChI is InChI=1S/C8H15N3O2S/c1-4-14-6-5-11(13)9-7(2)8(3)10-12/h5-7,12H,4H2,1-3H3. The van der Waals surface area contributed by atoms with Gasteiger partial charge in [0.25, 0.3) is 0 Å². The van der Waals surface area contributed by atoms with Crippen LogP contribution in [0.3, 0.4) is 0 Å². The van der Waals surface area contributed by atoms with Crippen LogP contribution in [-0.2, 0) is 0 Å². The number of azo groups is 1. The summed E-state index contributed by atoms with van der Waals surface area (Å²) in [5.41, 5.74) is 0.405. The quantitative estimate of drug-likeness (QED) is 0.253. The SMILES string of the molecule is CCSC=C[N+]([O-])=NC(C)C(C)=NO. The van der Waals surface area contributed by atoms with Crippen LogP contribution >= 0.6 is 11.8 Å². The van der Waals surface area contributed by atoms with Crippen LogP contribution in [0.2, 0.25) is 0 Å². The van der Waals surface area contributed by atoms with Crippen molar-refractivity contribution < 1.29 is 10.1 Å². The molecule has 5 nitrogen and oxygen atoms in total. The molecular weight excluding hydrogens is 202 g/mol. The molecular formula is C8H15N3O2S. The van der Waals surface area contributed by atoms with Crippen LogP contribution in [0.5, 0.6) is 0 Å². The average molecular weight is 217 g/mol. The van der Waals surface area contributed by atoms with Gasteiger partial charge in [-0.3, -0.25) is 0 Å². The van der Waals surface area contributed by atoms with Crippen LogP contribution in [0, 0.1) is 5.21 Å². The lowest BCUT2D eigenvalue weighted by molar-refractivity contribution is -0.460. The maximum atomic E-state index is 11.1. The summed E-state index contributed by atoms with van der Waals surface area (Å²) in [6.07, 6.45) is 1.33. The first-order chi connectivity index (χ1) is 6.61. The van der Waals surface area contributed by atoms with Crippen molar-refractivity contribution in [3.63, 3.8) is 0 Å². The van der Waals surface area contributed by atoms with Gasteiger partial charge in [-0.2, -0.15) is 0 Å². The zero-order chi connectivity index (χ0) is 11.0. The Morgan fingerprint density at radius 2 is 2.36 bits per heavy atom. The number of rotatable bonds is 5. The Kier molecular flexibility index (Phi) is 6.82. The summed E-state index contributed by atoms with van der Waals surface area (Å²) in [5.74, 6) is 0.914. The monoisotopic (exact) mass is 217 g/mol. The smallest absolute Gasteiger partial charge is 0.215 e. The Balaban J connectivity index is 4.22. The Hall–Kier alpha value is -1.04. The minimum Gasteiger partial charge on any atom is -0.595 e. The second-order valence-corrected chi connectivity index (χ2v) is 3.76. The molecule has 0 saturated heterocycles. The van der Waals surface area contributed by atoms with E-state index in [-0.39, 0.29) is 0 Å². The van der Waals surface area contributed by atoms with E-state index in [9.17, 15) is 5.21 Å². The third-order valence-corrected chi connectivity index (χ3v) is 2.15. The molecule has 0 fully saturated rings. The van der Waals surface area contributed by atoms with E-state index in [4.69, 9.17) is 5.21 Å². The van der Waals surface area contributed by atoms with Crippen LogP contribution in [0.1, 0.15) is 20.8 Å². The Labute approximate surface area is 87.8 Å². The summed E-state index contributed by atoms with van der Waals surface area (Å²) < 4.78 is 0. The number of oxime groups is 1. The van der Waals surface area contributed by atoms with Crippen LogP contribution in [0.25, 0.3) is 0 Å². The normalized spacial score (nSPS) is 16.2. The summed E-state index contributed by atoms with van der Waals surface area (Å²) in [5, 5.41) is 27.8. The number of hydrogen-bond acceptors (Lipinski definition) is 5. The van der Waals surface area contributed by atoms with E-state index < -0.39 is 6.04 Å². The third-order valence-electron chi connectivity index (χ3n) is 1.50. The number of thioether (sulfide) groups is 1. The minimum absolute atomic E-state index is 0.405. The molecule has 0 aromatic rings. The summed E-state index contributed by atoms with van der Waals surface area (Å²) in [6, 6.07) is -0.409. The zero-order valence-electron chi connectivity index (χ0n) is 8.54. The first kappa shape index (κ1) is 13.0. The number of nitrogens with zero attached hydrogens (tertiary/aromatic N) is 3. The summed E-state index contributed by atoms with van der Waals surface area (Å²) in [4.78, 5) is 0.474. The van der Waals surface area contributed by atoms with Gasteiger partial charge in [-0.1, -0.05) is 16.9 Å². The predicted molar refractivity (Wildman–Crippen MR) is 57.7 cm³/mol. The van der Waals surface area contributed by atoms with Crippen LogP contribution in [-0.4, -0.2) is 27.6 Å². The van der Waals surface area contributed by atoms with E-state index >= 15 is 0 Å². The fraction of sp³-hybridized carbons (Fsp3) is 0.625. The van der Waals surface area contributed by atoms with Gasteiger partial charge in [-0.05, 0) is 24.7 Å². The van der Waals surface area contributed by atoms with E-state index in [0.717, 1.165) is 5.75 Å². The van der Waals surface area contributed by atoms with Crippen molar-refractivity contribution in [3.05, 3.63) is 16.8 Å². The molecule has 0 heterocycles. The summed E-state index contributed by atoms with van der Waals surface area (Å²) >= 11 is 1.52. The maximum absolute atomic E-state index is 11.1. The fourth-order valence-corrected chi connectivity index (χ4v) is 0.950. The molecule has 1 N–H and O–H groups in total. The van der Waals surface area contributed by atoms with Crippen molar-refractivity contribution in [2.45, 2.75) is 26.8 Å². The van der Waals surface area contributed by atoms with Crippen molar-refractivity contribution in [1.82, 2.24) is 0 Å². The molecule has 0 saturated carbocycles. The lowest BCUT2D eigenvalue weighted by Crippen LogP contribution is -2.12. The predicted octanol–water partition coefficient (Wildman–Crippen LogP) is 2.41. The zero-order valence-corrected chi connectivity index (χ0v) is 9.36.